The smallest absolute Gasteiger partial charge is 0.197 e. The quantitative estimate of drug-likeness (QED) is 0.466. The number of hydrogen-bond acceptors (Lipinski definition) is 2. The summed E-state index contributed by atoms with van der Waals surface area (Å²) in [5.41, 5.74) is 1.41. The van der Waals surface area contributed by atoms with E-state index >= 15 is 0 Å². The standard InChI is InChI=1S/C10H11S2.Li/c1-2-4-9(5-3-1)10-8-11-6-7-12-10;/h1-5H,6-8H2;/q-1;+1. The second kappa shape index (κ2) is 5.98. The second-order valence-electron chi connectivity index (χ2n) is 2.69. The van der Waals surface area contributed by atoms with E-state index in [1.165, 1.54) is 22.8 Å². The SMILES string of the molecule is [Li+].c1ccc([C-]2CSCCS2)cc1. The molecule has 0 amide bonds. The molecular formula is C10H11LiS2. The first-order valence-corrected chi connectivity index (χ1v) is 6.22. The van der Waals surface area contributed by atoms with E-state index in [0.29, 0.717) is 0 Å². The summed E-state index contributed by atoms with van der Waals surface area (Å²) in [7, 11) is 0. The third kappa shape index (κ3) is 3.22. The van der Waals surface area contributed by atoms with Crippen molar-refractivity contribution in [1.82, 2.24) is 0 Å². The summed E-state index contributed by atoms with van der Waals surface area (Å²) in [5, 5.41) is 1.55. The van der Waals surface area contributed by atoms with Crippen LogP contribution in [0.15, 0.2) is 30.3 Å². The summed E-state index contributed by atoms with van der Waals surface area (Å²) in [6, 6.07) is 10.7. The van der Waals surface area contributed by atoms with Gasteiger partial charge >= 0.3 is 18.9 Å². The van der Waals surface area contributed by atoms with Crippen LogP contribution >= 0.6 is 23.5 Å². The van der Waals surface area contributed by atoms with Crippen molar-refractivity contribution in [2.75, 3.05) is 17.3 Å². The van der Waals surface area contributed by atoms with Crippen LogP contribution in [-0.4, -0.2) is 17.3 Å². The molecule has 1 aliphatic heterocycles. The molecule has 0 atom stereocenters. The van der Waals surface area contributed by atoms with Crippen LogP contribution in [0.25, 0.3) is 0 Å². The Bertz CT molecular complexity index is 232. The Morgan fingerprint density at radius 1 is 1.08 bits per heavy atom. The Kier molecular flexibility index (Phi) is 5.27. The van der Waals surface area contributed by atoms with E-state index < -0.39 is 0 Å². The average Bonchev–Trinajstić information content (AvgIpc) is 2.21. The number of rotatable bonds is 1. The summed E-state index contributed by atoms with van der Waals surface area (Å²) < 4.78 is 0. The summed E-state index contributed by atoms with van der Waals surface area (Å²) >= 11 is 4.05. The van der Waals surface area contributed by atoms with Crippen molar-refractivity contribution < 1.29 is 18.9 Å². The second-order valence-corrected chi connectivity index (χ2v) is 4.99. The molecule has 13 heavy (non-hydrogen) atoms. The van der Waals surface area contributed by atoms with Crippen molar-refractivity contribution in [2.24, 2.45) is 0 Å². The van der Waals surface area contributed by atoms with Crippen molar-refractivity contribution in [2.45, 2.75) is 0 Å². The van der Waals surface area contributed by atoms with Crippen LogP contribution in [-0.2, 0) is 0 Å². The maximum Gasteiger partial charge on any atom is 1.00 e. The molecule has 0 bridgehead atoms. The molecule has 0 radical (unpaired) electrons. The van der Waals surface area contributed by atoms with Gasteiger partial charge in [0, 0.05) is 5.75 Å². The molecule has 3 heteroatoms. The molecule has 1 aromatic carbocycles. The molecule has 1 fully saturated rings. The Labute approximate surface area is 100 Å². The van der Waals surface area contributed by atoms with Gasteiger partial charge in [-0.15, -0.1) is 17.4 Å². The average molecular weight is 202 g/mol. The molecular weight excluding hydrogens is 191 g/mol. The van der Waals surface area contributed by atoms with E-state index in [9.17, 15) is 0 Å². The predicted octanol–water partition coefficient (Wildman–Crippen LogP) is 0.0507. The van der Waals surface area contributed by atoms with Gasteiger partial charge < -0.3 is 0 Å². The zero-order chi connectivity index (χ0) is 8.23. The van der Waals surface area contributed by atoms with Crippen LogP contribution in [0.2, 0.25) is 0 Å². The maximum atomic E-state index is 2.20. The molecule has 0 spiro atoms. The van der Waals surface area contributed by atoms with Crippen molar-refractivity contribution in [1.29, 1.82) is 0 Å². The van der Waals surface area contributed by atoms with E-state index in [1.54, 1.807) is 5.25 Å². The molecule has 0 unspecified atom stereocenters. The van der Waals surface area contributed by atoms with Gasteiger partial charge in [-0.1, -0.05) is 6.07 Å². The van der Waals surface area contributed by atoms with E-state index in [1.807, 2.05) is 23.5 Å². The van der Waals surface area contributed by atoms with Crippen LogP contribution in [0.5, 0.6) is 0 Å². The molecule has 1 heterocycles. The van der Waals surface area contributed by atoms with E-state index in [2.05, 4.69) is 30.3 Å². The fraction of sp³-hybridized carbons (Fsp3) is 0.300. The van der Waals surface area contributed by atoms with Crippen LogP contribution in [0.1, 0.15) is 5.56 Å². The van der Waals surface area contributed by atoms with E-state index in [0.717, 1.165) is 0 Å². The topological polar surface area (TPSA) is 0 Å². The summed E-state index contributed by atoms with van der Waals surface area (Å²) in [6.45, 7) is 0. The van der Waals surface area contributed by atoms with Gasteiger partial charge in [-0.05, 0) is 11.5 Å². The van der Waals surface area contributed by atoms with Gasteiger partial charge in [0.15, 0.2) is 0 Å². The molecule has 0 aromatic heterocycles. The number of thioether (sulfide) groups is 2. The van der Waals surface area contributed by atoms with Gasteiger partial charge in [-0.25, -0.2) is 0 Å². The minimum absolute atomic E-state index is 0. The molecule has 0 N–H and O–H groups in total. The Morgan fingerprint density at radius 3 is 2.46 bits per heavy atom. The first-order chi connectivity index (χ1) is 5.97. The summed E-state index contributed by atoms with van der Waals surface area (Å²) in [5.74, 6) is 3.78. The van der Waals surface area contributed by atoms with E-state index in [-0.39, 0.29) is 18.9 Å². The van der Waals surface area contributed by atoms with Crippen LogP contribution < -0.4 is 18.9 Å². The van der Waals surface area contributed by atoms with Gasteiger partial charge in [-0.3, -0.25) is 0 Å². The zero-order valence-electron chi connectivity index (χ0n) is 7.82. The predicted molar refractivity (Wildman–Crippen MR) is 58.6 cm³/mol. The Hall–Kier alpha value is 0.387. The van der Waals surface area contributed by atoms with Crippen molar-refractivity contribution in [3.05, 3.63) is 41.1 Å². The monoisotopic (exact) mass is 202 g/mol. The number of benzene rings is 1. The minimum atomic E-state index is 0. The van der Waals surface area contributed by atoms with Gasteiger partial charge in [0.1, 0.15) is 0 Å². The normalized spacial score (nSPS) is 16.5. The van der Waals surface area contributed by atoms with Crippen molar-refractivity contribution in [3.8, 4) is 0 Å². The molecule has 64 valence electrons. The fourth-order valence-electron chi connectivity index (χ4n) is 1.22. The van der Waals surface area contributed by atoms with Crippen molar-refractivity contribution in [3.63, 3.8) is 0 Å². The van der Waals surface area contributed by atoms with Crippen LogP contribution in [0, 0.1) is 5.25 Å². The molecule has 0 nitrogen and oxygen atoms in total. The molecule has 2 rings (SSSR count). The van der Waals surface area contributed by atoms with Gasteiger partial charge in [0.2, 0.25) is 0 Å². The van der Waals surface area contributed by atoms with E-state index in [4.69, 9.17) is 0 Å². The summed E-state index contributed by atoms with van der Waals surface area (Å²) in [6.07, 6.45) is 0. The van der Waals surface area contributed by atoms with Gasteiger partial charge in [-0.2, -0.15) is 41.2 Å². The molecule has 1 aliphatic rings. The van der Waals surface area contributed by atoms with Gasteiger partial charge in [0.05, 0.1) is 0 Å². The largest absolute Gasteiger partial charge is 1.00 e. The number of hydrogen-bond donors (Lipinski definition) is 0. The Balaban J connectivity index is 0.000000845. The zero-order valence-corrected chi connectivity index (χ0v) is 9.46. The van der Waals surface area contributed by atoms with Crippen LogP contribution in [0.4, 0.5) is 0 Å². The molecule has 0 aliphatic carbocycles. The fourth-order valence-corrected chi connectivity index (χ4v) is 3.65. The third-order valence-corrected chi connectivity index (χ3v) is 4.40. The molecule has 0 saturated carbocycles. The van der Waals surface area contributed by atoms with Crippen LogP contribution in [0.3, 0.4) is 0 Å². The first-order valence-electron chi connectivity index (χ1n) is 4.08. The third-order valence-electron chi connectivity index (χ3n) is 1.83. The molecule has 1 aromatic rings. The molecule has 1 saturated heterocycles. The Morgan fingerprint density at radius 2 is 1.85 bits per heavy atom. The first kappa shape index (κ1) is 11.5. The van der Waals surface area contributed by atoms with Crippen molar-refractivity contribution >= 4 is 23.5 Å². The van der Waals surface area contributed by atoms with Gasteiger partial charge in [0.25, 0.3) is 0 Å². The maximum absolute atomic E-state index is 2.20. The summed E-state index contributed by atoms with van der Waals surface area (Å²) in [4.78, 5) is 0. The minimum Gasteiger partial charge on any atom is -0.197 e.